The quantitative estimate of drug-likeness (QED) is 0.935. The number of nitrogens with zero attached hydrogens (tertiary/aromatic N) is 1. The molecule has 0 unspecified atom stereocenters. The van der Waals surface area contributed by atoms with Gasteiger partial charge in [-0.2, -0.15) is 5.26 Å². The summed E-state index contributed by atoms with van der Waals surface area (Å²) in [6.07, 6.45) is 0. The molecule has 0 fully saturated rings. The van der Waals surface area contributed by atoms with Crippen molar-refractivity contribution in [1.29, 1.82) is 5.26 Å². The molecule has 0 saturated heterocycles. The van der Waals surface area contributed by atoms with E-state index in [-0.39, 0.29) is 6.61 Å². The molecule has 0 aromatic heterocycles. The van der Waals surface area contributed by atoms with Crippen LogP contribution < -0.4 is 9.47 Å². The zero-order valence-electron chi connectivity index (χ0n) is 10.8. The van der Waals surface area contributed by atoms with E-state index < -0.39 is 0 Å². The van der Waals surface area contributed by atoms with Gasteiger partial charge in [0.15, 0.2) is 5.75 Å². The molecule has 0 bridgehead atoms. The van der Waals surface area contributed by atoms with Gasteiger partial charge in [0, 0.05) is 11.6 Å². The number of aliphatic hydroxyl groups is 1. The van der Waals surface area contributed by atoms with Crippen LogP contribution >= 0.6 is 11.6 Å². The predicted molar refractivity (Wildman–Crippen MR) is 75.2 cm³/mol. The van der Waals surface area contributed by atoms with Crippen molar-refractivity contribution in [3.8, 4) is 23.3 Å². The maximum atomic E-state index is 9.31. The molecule has 0 saturated carbocycles. The summed E-state index contributed by atoms with van der Waals surface area (Å²) in [5, 5.41) is 18.7. The third-order valence-corrected chi connectivity index (χ3v) is 2.98. The molecule has 2 aromatic carbocycles. The van der Waals surface area contributed by atoms with Crippen molar-refractivity contribution in [2.75, 3.05) is 7.11 Å². The topological polar surface area (TPSA) is 62.5 Å². The summed E-state index contributed by atoms with van der Waals surface area (Å²) in [5.41, 5.74) is 0.982. The van der Waals surface area contributed by atoms with Gasteiger partial charge in [-0.1, -0.05) is 23.7 Å². The number of hydrogen-bond donors (Lipinski definition) is 1. The number of aliphatic hydroxyl groups excluding tert-OH is 1. The van der Waals surface area contributed by atoms with Crippen LogP contribution in [-0.4, -0.2) is 12.2 Å². The summed E-state index contributed by atoms with van der Waals surface area (Å²) in [6, 6.07) is 12.0. The number of halogens is 1. The SMILES string of the molecule is COc1cc(C#N)cc(Oc2c(Cl)cccc2CO)c1. The number of methoxy groups -OCH3 is 1. The fraction of sp³-hybridized carbons (Fsp3) is 0.133. The third-order valence-electron chi connectivity index (χ3n) is 2.68. The number of para-hydroxylation sites is 1. The third kappa shape index (κ3) is 3.02. The van der Waals surface area contributed by atoms with Crippen molar-refractivity contribution < 1.29 is 14.6 Å². The first-order valence-electron chi connectivity index (χ1n) is 5.83. The first-order valence-corrected chi connectivity index (χ1v) is 6.21. The van der Waals surface area contributed by atoms with Crippen LogP contribution in [-0.2, 0) is 6.61 Å². The first kappa shape index (κ1) is 14.2. The van der Waals surface area contributed by atoms with E-state index in [0.29, 0.717) is 33.4 Å². The average molecular weight is 290 g/mol. The Kier molecular flexibility index (Phi) is 4.46. The highest BCUT2D eigenvalue weighted by molar-refractivity contribution is 6.32. The number of nitriles is 1. The van der Waals surface area contributed by atoms with Gasteiger partial charge in [0.05, 0.1) is 30.4 Å². The summed E-state index contributed by atoms with van der Waals surface area (Å²) in [5.74, 6) is 1.30. The van der Waals surface area contributed by atoms with Gasteiger partial charge in [-0.25, -0.2) is 0 Å². The lowest BCUT2D eigenvalue weighted by molar-refractivity contribution is 0.276. The molecule has 0 spiro atoms. The molecule has 0 heterocycles. The van der Waals surface area contributed by atoms with E-state index in [1.165, 1.54) is 7.11 Å². The number of hydrogen-bond acceptors (Lipinski definition) is 4. The molecule has 0 aliphatic rings. The maximum Gasteiger partial charge on any atom is 0.151 e. The second-order valence-corrected chi connectivity index (χ2v) is 4.40. The molecule has 0 aliphatic carbocycles. The largest absolute Gasteiger partial charge is 0.497 e. The summed E-state index contributed by atoms with van der Waals surface area (Å²) < 4.78 is 10.8. The van der Waals surface area contributed by atoms with Crippen LogP contribution in [0.1, 0.15) is 11.1 Å². The van der Waals surface area contributed by atoms with Crippen molar-refractivity contribution in [2.45, 2.75) is 6.61 Å². The smallest absolute Gasteiger partial charge is 0.151 e. The molecule has 4 nitrogen and oxygen atoms in total. The zero-order chi connectivity index (χ0) is 14.5. The molecular formula is C15H12ClNO3. The highest BCUT2D eigenvalue weighted by Gasteiger charge is 2.10. The van der Waals surface area contributed by atoms with Gasteiger partial charge in [0.1, 0.15) is 11.5 Å². The van der Waals surface area contributed by atoms with E-state index in [1.54, 1.807) is 36.4 Å². The van der Waals surface area contributed by atoms with Crippen molar-refractivity contribution >= 4 is 11.6 Å². The zero-order valence-corrected chi connectivity index (χ0v) is 11.5. The van der Waals surface area contributed by atoms with Crippen molar-refractivity contribution in [3.05, 3.63) is 52.5 Å². The molecule has 2 rings (SSSR count). The Labute approximate surface area is 121 Å². The van der Waals surface area contributed by atoms with E-state index in [4.69, 9.17) is 26.3 Å². The van der Waals surface area contributed by atoms with Crippen LogP contribution in [0.5, 0.6) is 17.2 Å². The lowest BCUT2D eigenvalue weighted by Gasteiger charge is -2.12. The molecular weight excluding hydrogens is 278 g/mol. The van der Waals surface area contributed by atoms with Crippen molar-refractivity contribution in [3.63, 3.8) is 0 Å². The van der Waals surface area contributed by atoms with Crippen LogP contribution in [0.3, 0.4) is 0 Å². The molecule has 0 amide bonds. The predicted octanol–water partition coefficient (Wildman–Crippen LogP) is 3.50. The molecule has 5 heteroatoms. The molecule has 0 aliphatic heterocycles. The van der Waals surface area contributed by atoms with E-state index >= 15 is 0 Å². The van der Waals surface area contributed by atoms with E-state index in [9.17, 15) is 5.11 Å². The summed E-state index contributed by atoms with van der Waals surface area (Å²) in [6.45, 7) is -0.190. The minimum atomic E-state index is -0.190. The molecule has 0 atom stereocenters. The van der Waals surface area contributed by atoms with Crippen LogP contribution in [0.15, 0.2) is 36.4 Å². The second kappa shape index (κ2) is 6.29. The van der Waals surface area contributed by atoms with Crippen LogP contribution in [0.25, 0.3) is 0 Å². The Morgan fingerprint density at radius 2 is 2.00 bits per heavy atom. The molecule has 102 valence electrons. The van der Waals surface area contributed by atoms with Crippen LogP contribution in [0.4, 0.5) is 0 Å². The molecule has 20 heavy (non-hydrogen) atoms. The van der Waals surface area contributed by atoms with Gasteiger partial charge >= 0.3 is 0 Å². The van der Waals surface area contributed by atoms with E-state index in [1.807, 2.05) is 6.07 Å². The highest BCUT2D eigenvalue weighted by Crippen LogP contribution is 2.34. The Balaban J connectivity index is 2.42. The van der Waals surface area contributed by atoms with Crippen LogP contribution in [0.2, 0.25) is 5.02 Å². The average Bonchev–Trinajstić information content (AvgIpc) is 2.48. The lowest BCUT2D eigenvalue weighted by Crippen LogP contribution is -1.94. The Bertz CT molecular complexity index is 665. The highest BCUT2D eigenvalue weighted by atomic mass is 35.5. The first-order chi connectivity index (χ1) is 9.67. The fourth-order valence-electron chi connectivity index (χ4n) is 1.72. The Morgan fingerprint density at radius 1 is 1.25 bits per heavy atom. The number of rotatable bonds is 4. The Morgan fingerprint density at radius 3 is 2.65 bits per heavy atom. The lowest BCUT2D eigenvalue weighted by atomic mass is 10.2. The van der Waals surface area contributed by atoms with Crippen molar-refractivity contribution in [1.82, 2.24) is 0 Å². The van der Waals surface area contributed by atoms with E-state index in [2.05, 4.69) is 0 Å². The minimum Gasteiger partial charge on any atom is -0.497 e. The monoisotopic (exact) mass is 289 g/mol. The van der Waals surface area contributed by atoms with E-state index in [0.717, 1.165) is 0 Å². The molecule has 0 radical (unpaired) electrons. The van der Waals surface area contributed by atoms with Gasteiger partial charge in [-0.3, -0.25) is 0 Å². The van der Waals surface area contributed by atoms with Gasteiger partial charge in [0.25, 0.3) is 0 Å². The summed E-state index contributed by atoms with van der Waals surface area (Å²) in [7, 11) is 1.51. The normalized spacial score (nSPS) is 9.90. The minimum absolute atomic E-state index is 0.190. The van der Waals surface area contributed by atoms with Gasteiger partial charge < -0.3 is 14.6 Å². The standard InChI is InChI=1S/C15H12ClNO3/c1-19-12-5-10(8-17)6-13(7-12)20-15-11(9-18)3-2-4-14(15)16/h2-7,18H,9H2,1H3. The Hall–Kier alpha value is -2.22. The number of ether oxygens (including phenoxy) is 2. The molecule has 2 aromatic rings. The summed E-state index contributed by atoms with van der Waals surface area (Å²) in [4.78, 5) is 0. The van der Waals surface area contributed by atoms with Gasteiger partial charge in [0.2, 0.25) is 0 Å². The summed E-state index contributed by atoms with van der Waals surface area (Å²) >= 11 is 6.07. The van der Waals surface area contributed by atoms with Gasteiger partial charge in [-0.15, -0.1) is 0 Å². The number of benzene rings is 2. The fourth-order valence-corrected chi connectivity index (χ4v) is 1.96. The van der Waals surface area contributed by atoms with Crippen LogP contribution in [0, 0.1) is 11.3 Å². The molecule has 1 N–H and O–H groups in total. The van der Waals surface area contributed by atoms with Gasteiger partial charge in [-0.05, 0) is 18.2 Å². The maximum absolute atomic E-state index is 9.31. The second-order valence-electron chi connectivity index (χ2n) is 4.00. The van der Waals surface area contributed by atoms with Crippen molar-refractivity contribution in [2.24, 2.45) is 0 Å².